The van der Waals surface area contributed by atoms with Gasteiger partial charge in [-0.05, 0) is 64.0 Å². The number of guanidine groups is 1. The van der Waals surface area contributed by atoms with Gasteiger partial charge in [-0.15, -0.1) is 6.42 Å². The smallest absolute Gasteiger partial charge is 0.251 e. The van der Waals surface area contributed by atoms with Gasteiger partial charge in [-0.25, -0.2) is 4.99 Å². The maximum Gasteiger partial charge on any atom is 0.251 e. The van der Waals surface area contributed by atoms with Crippen LogP contribution in [0.1, 0.15) is 82.3 Å². The van der Waals surface area contributed by atoms with Gasteiger partial charge in [0.1, 0.15) is 24.1 Å². The molecule has 0 aliphatic carbocycles. The molecular weight excluding hydrogens is 496 g/mol. The Morgan fingerprint density at radius 2 is 2.08 bits per heavy atom. The van der Waals surface area contributed by atoms with Gasteiger partial charge < -0.3 is 25.6 Å². The lowest BCUT2D eigenvalue weighted by molar-refractivity contribution is -0.134. The van der Waals surface area contributed by atoms with Gasteiger partial charge in [0, 0.05) is 23.1 Å². The zero-order valence-corrected chi connectivity index (χ0v) is 23.3. The highest BCUT2D eigenvalue weighted by atomic mass is 16.5. The first-order valence-electron chi connectivity index (χ1n) is 13.4. The van der Waals surface area contributed by atoms with Gasteiger partial charge in [0.2, 0.25) is 5.91 Å². The SMILES string of the molecule is C#C/C=C\C1=C(C)OC(C)(C)C[C@@H]1NC(=O)c1ccc2c(c1)C(N1C(=O)CC(CC)(CC)N=C1N)C(O)CO2. The zero-order valence-electron chi connectivity index (χ0n) is 23.3. The highest BCUT2D eigenvalue weighted by Crippen LogP contribution is 2.40. The first-order valence-corrected chi connectivity index (χ1v) is 13.4. The number of rotatable bonds is 6. The lowest BCUT2D eigenvalue weighted by atomic mass is 9.86. The maximum absolute atomic E-state index is 13.5. The minimum Gasteiger partial charge on any atom is -0.492 e. The van der Waals surface area contributed by atoms with Crippen LogP contribution < -0.4 is 15.8 Å². The van der Waals surface area contributed by atoms with E-state index in [1.54, 1.807) is 30.4 Å². The number of nitrogens with zero attached hydrogens (tertiary/aromatic N) is 2. The molecule has 4 N–H and O–H groups in total. The molecule has 2 amide bonds. The molecule has 4 rings (SSSR count). The summed E-state index contributed by atoms with van der Waals surface area (Å²) in [5.41, 5.74) is 6.98. The summed E-state index contributed by atoms with van der Waals surface area (Å²) in [6, 6.07) is 3.83. The standard InChI is InChI=1S/C30H38N4O5/c1-7-10-11-20-18(4)39-29(5,6)15-22(20)32-27(37)19-12-13-24-21(14-19)26(23(35)17-38-24)34-25(36)16-30(8-2,9-3)33-28(34)31/h1,10-14,22-23,26,35H,8-9,15-17H2,2-6H3,(H2,31,33)(H,32,37)/b11-10-/t22-,23?,26?/m0/s1. The molecule has 1 aromatic carbocycles. The highest BCUT2D eigenvalue weighted by Gasteiger charge is 2.45. The fraction of sp³-hybridized carbons (Fsp3) is 0.500. The van der Waals surface area contributed by atoms with Crippen LogP contribution in [0.25, 0.3) is 0 Å². The molecule has 39 heavy (non-hydrogen) atoms. The number of aliphatic hydroxyl groups excluding tert-OH is 1. The quantitative estimate of drug-likeness (QED) is 0.481. The van der Waals surface area contributed by atoms with E-state index in [1.807, 2.05) is 34.6 Å². The molecule has 1 aromatic rings. The van der Waals surface area contributed by atoms with Gasteiger partial charge in [-0.3, -0.25) is 14.5 Å². The van der Waals surface area contributed by atoms with Gasteiger partial charge in [0.25, 0.3) is 5.91 Å². The first kappa shape index (κ1) is 28.2. The van der Waals surface area contributed by atoms with E-state index >= 15 is 0 Å². The second-order valence-corrected chi connectivity index (χ2v) is 11.0. The molecular formula is C30H38N4O5. The van der Waals surface area contributed by atoms with E-state index in [4.69, 9.17) is 21.6 Å². The Kier molecular flexibility index (Phi) is 7.80. The molecule has 3 atom stereocenters. The second kappa shape index (κ2) is 10.8. The molecule has 0 radical (unpaired) electrons. The Hall–Kier alpha value is -3.77. The Morgan fingerprint density at radius 3 is 2.72 bits per heavy atom. The van der Waals surface area contributed by atoms with E-state index in [0.717, 1.165) is 5.57 Å². The largest absolute Gasteiger partial charge is 0.492 e. The summed E-state index contributed by atoms with van der Waals surface area (Å²) in [6.07, 6.45) is 9.82. The van der Waals surface area contributed by atoms with Gasteiger partial charge in [-0.2, -0.15) is 0 Å². The van der Waals surface area contributed by atoms with Crippen LogP contribution in [0.15, 0.2) is 46.7 Å². The predicted molar refractivity (Wildman–Crippen MR) is 149 cm³/mol. The molecule has 0 saturated heterocycles. The van der Waals surface area contributed by atoms with E-state index < -0.39 is 23.3 Å². The summed E-state index contributed by atoms with van der Waals surface area (Å²) < 4.78 is 11.8. The third-order valence-corrected chi connectivity index (χ3v) is 7.88. The number of benzene rings is 1. The van der Waals surface area contributed by atoms with E-state index in [9.17, 15) is 14.7 Å². The van der Waals surface area contributed by atoms with Crippen LogP contribution in [0.5, 0.6) is 5.75 Å². The van der Waals surface area contributed by atoms with Gasteiger partial charge >= 0.3 is 0 Å². The lowest BCUT2D eigenvalue weighted by Gasteiger charge is -2.43. The van der Waals surface area contributed by atoms with Crippen LogP contribution in [0, 0.1) is 12.3 Å². The third-order valence-electron chi connectivity index (χ3n) is 7.88. The van der Waals surface area contributed by atoms with Crippen LogP contribution >= 0.6 is 0 Å². The number of allylic oxidation sites excluding steroid dienone is 2. The molecule has 3 aliphatic heterocycles. The summed E-state index contributed by atoms with van der Waals surface area (Å²) >= 11 is 0. The van der Waals surface area contributed by atoms with E-state index in [2.05, 4.69) is 16.2 Å². The first-order chi connectivity index (χ1) is 18.4. The van der Waals surface area contributed by atoms with Crippen molar-refractivity contribution in [3.05, 3.63) is 52.8 Å². The molecule has 0 spiro atoms. The minimum atomic E-state index is -1.05. The molecule has 3 heterocycles. The molecule has 0 fully saturated rings. The molecule has 0 bridgehead atoms. The van der Waals surface area contributed by atoms with Crippen molar-refractivity contribution in [2.45, 2.75) is 89.6 Å². The van der Waals surface area contributed by atoms with Crippen molar-refractivity contribution in [2.24, 2.45) is 10.7 Å². The summed E-state index contributed by atoms with van der Waals surface area (Å²) in [4.78, 5) is 32.9. The Morgan fingerprint density at radius 1 is 1.36 bits per heavy atom. The van der Waals surface area contributed by atoms with Crippen LogP contribution in [0.2, 0.25) is 0 Å². The minimum absolute atomic E-state index is 0.0148. The van der Waals surface area contributed by atoms with Crippen LogP contribution in [-0.4, -0.2) is 57.7 Å². The number of aliphatic imine (C=N–C) groups is 1. The molecule has 0 aromatic heterocycles. The van der Waals surface area contributed by atoms with Gasteiger partial charge in [0.05, 0.1) is 29.8 Å². The van der Waals surface area contributed by atoms with Crippen molar-refractivity contribution in [3.8, 4) is 18.1 Å². The lowest BCUT2D eigenvalue weighted by Crippen LogP contribution is -2.56. The topological polar surface area (TPSA) is 126 Å². The van der Waals surface area contributed by atoms with E-state index in [0.29, 0.717) is 41.9 Å². The highest BCUT2D eigenvalue weighted by molar-refractivity contribution is 6.00. The van der Waals surface area contributed by atoms with Crippen molar-refractivity contribution < 1.29 is 24.2 Å². The Labute approximate surface area is 230 Å². The van der Waals surface area contributed by atoms with Crippen molar-refractivity contribution in [1.82, 2.24) is 10.2 Å². The fourth-order valence-electron chi connectivity index (χ4n) is 5.73. The van der Waals surface area contributed by atoms with Crippen molar-refractivity contribution >= 4 is 17.8 Å². The van der Waals surface area contributed by atoms with Gasteiger partial charge in [-0.1, -0.05) is 19.8 Å². The number of hydrogen-bond acceptors (Lipinski definition) is 7. The molecule has 9 heteroatoms. The number of fused-ring (bicyclic) bond motifs is 1. The Bertz CT molecular complexity index is 1280. The number of nitrogens with two attached hydrogens (primary N) is 1. The second-order valence-electron chi connectivity index (χ2n) is 11.0. The number of ether oxygens (including phenoxy) is 2. The van der Waals surface area contributed by atoms with Crippen molar-refractivity contribution in [2.75, 3.05) is 6.61 Å². The van der Waals surface area contributed by atoms with Crippen molar-refractivity contribution in [1.29, 1.82) is 0 Å². The van der Waals surface area contributed by atoms with E-state index in [-0.39, 0.29) is 36.8 Å². The molecule has 9 nitrogen and oxygen atoms in total. The van der Waals surface area contributed by atoms with Crippen molar-refractivity contribution in [3.63, 3.8) is 0 Å². The number of carbonyl (C=O) groups is 2. The average molecular weight is 535 g/mol. The summed E-state index contributed by atoms with van der Waals surface area (Å²) in [5, 5.41) is 14.1. The average Bonchev–Trinajstić information content (AvgIpc) is 2.88. The molecule has 2 unspecified atom stereocenters. The number of hydrogen-bond donors (Lipinski definition) is 3. The molecule has 0 saturated carbocycles. The number of aliphatic hydroxyl groups is 1. The number of terminal acetylenes is 1. The van der Waals surface area contributed by atoms with Gasteiger partial charge in [0.15, 0.2) is 5.96 Å². The molecule has 208 valence electrons. The summed E-state index contributed by atoms with van der Waals surface area (Å²) in [6.45, 7) is 9.73. The van der Waals surface area contributed by atoms with Crippen LogP contribution in [0.4, 0.5) is 0 Å². The Balaban J connectivity index is 1.67. The fourth-order valence-corrected chi connectivity index (χ4v) is 5.73. The number of carbonyl (C=O) groups excluding carboxylic acids is 2. The monoisotopic (exact) mass is 534 g/mol. The number of nitrogens with one attached hydrogen (secondary N) is 1. The summed E-state index contributed by atoms with van der Waals surface area (Å²) in [7, 11) is 0. The third kappa shape index (κ3) is 5.52. The van der Waals surface area contributed by atoms with Crippen LogP contribution in [0.3, 0.4) is 0 Å². The summed E-state index contributed by atoms with van der Waals surface area (Å²) in [5.74, 6) is 3.19. The predicted octanol–water partition coefficient (Wildman–Crippen LogP) is 3.35. The van der Waals surface area contributed by atoms with Crippen LogP contribution in [-0.2, 0) is 9.53 Å². The normalized spacial score (nSPS) is 25.8. The van der Waals surface area contributed by atoms with E-state index in [1.165, 1.54) is 4.90 Å². The zero-order chi connectivity index (χ0) is 28.5. The molecule has 3 aliphatic rings. The number of amides is 2. The maximum atomic E-state index is 13.5.